The lowest BCUT2D eigenvalue weighted by Crippen LogP contribution is -2.48. The van der Waals surface area contributed by atoms with Crippen molar-refractivity contribution in [2.45, 2.75) is 125 Å². The number of ketones is 1. The van der Waals surface area contributed by atoms with E-state index in [-0.39, 0.29) is 68.3 Å². The number of nitrogens with one attached hydrogen (secondary N) is 3. The Kier molecular flexibility index (Phi) is 18.7. The molecule has 5 atom stereocenters. The van der Waals surface area contributed by atoms with E-state index in [1.54, 1.807) is 75.4 Å². The number of esters is 2. The Morgan fingerprint density at radius 2 is 1.48 bits per heavy atom. The Morgan fingerprint density at radius 1 is 0.863 bits per heavy atom. The summed E-state index contributed by atoms with van der Waals surface area (Å²) in [6.45, 7) is 36.7. The summed E-state index contributed by atoms with van der Waals surface area (Å²) >= 11 is 2.95. The second-order valence-electron chi connectivity index (χ2n) is 22.5. The van der Waals surface area contributed by atoms with Crippen LogP contribution in [0, 0.1) is 35.8 Å². The largest absolute Gasteiger partial charge is 0.488 e. The van der Waals surface area contributed by atoms with Crippen LogP contribution in [0.2, 0.25) is 0 Å². The fourth-order valence-corrected chi connectivity index (χ4v) is 11.2. The standard InChI is InChI=1S/C42H53N5O8S.C17H16N4O2S/c1-12-25-19-42(25,38(51)52-11)20-34(48)33-16-27(21-47(33)37(50)29(40(4,5)6)17-36(49)55-41(7,8)9)54-35-18-31(32-22-56-39(46-32)44-24(2)3)45-30-15-26(53-23-43-10)13-14-28(30)35;1-10(2)19-17-21-15(8-24-17)14-7-16(22)12-5-4-11(23-9-18-3)6-13(12)20-14/h12-15,18,22,24-25,27,29,33H,1,16-17,19-21,23H2,2-9,11H3,(H,44,46);4-8,10H,9H2,1-2H3,(H,19,21)(H,20,22)/t25-,27-,29-,33+,42-;/m1./s1. The van der Waals surface area contributed by atoms with Crippen LogP contribution < -0.4 is 30.3 Å². The van der Waals surface area contributed by atoms with Crippen molar-refractivity contribution in [3.63, 3.8) is 0 Å². The van der Waals surface area contributed by atoms with E-state index in [1.165, 1.54) is 34.7 Å². The number of hydrogen-bond donors (Lipinski definition) is 3. The van der Waals surface area contributed by atoms with Crippen LogP contribution in [0.1, 0.15) is 94.9 Å². The average Bonchev–Trinajstić information content (AvgIpc) is 3.91. The number of hydrogen-bond acceptors (Lipinski definition) is 17. The van der Waals surface area contributed by atoms with Gasteiger partial charge < -0.3 is 44.2 Å². The van der Waals surface area contributed by atoms with Crippen molar-refractivity contribution in [2.75, 3.05) is 37.7 Å². The number of rotatable bonds is 20. The molecule has 2 aromatic carbocycles. The highest BCUT2D eigenvalue weighted by Gasteiger charge is 2.61. The van der Waals surface area contributed by atoms with Crippen molar-refractivity contribution >= 4 is 78.4 Å². The zero-order chi connectivity index (χ0) is 58.3. The van der Waals surface area contributed by atoms with Gasteiger partial charge in [-0.25, -0.2) is 28.1 Å². The van der Waals surface area contributed by atoms with Crippen LogP contribution in [0.4, 0.5) is 10.3 Å². The number of fused-ring (bicyclic) bond motifs is 2. The molecule has 1 aliphatic heterocycles. The molecule has 2 fully saturated rings. The first-order chi connectivity index (χ1) is 37.8. The highest BCUT2D eigenvalue weighted by atomic mass is 32.1. The lowest BCUT2D eigenvalue weighted by Gasteiger charge is -2.35. The zero-order valence-corrected chi connectivity index (χ0v) is 48.7. The molecule has 0 unspecified atom stereocenters. The molecule has 5 heterocycles. The van der Waals surface area contributed by atoms with Crippen molar-refractivity contribution in [1.82, 2.24) is 24.8 Å². The number of amides is 1. The SMILES string of the molecule is [C-]#[N+]COc1ccc2c(=O)cc(-c3csc(NC(C)C)n3)[nH]c2c1.[C-]#[N+]COc1ccc2c(O[C@@H]3C[C@@H](C(=O)C[C@]4(C(=O)OC)C[C@H]4C=C)N(C(=O)[C@@H](CC(=O)OC(C)(C)C)C(C)(C)C)C3)cc(-c3csc(NC(C)C)n3)nc2c1. The maximum absolute atomic E-state index is 14.7. The van der Waals surface area contributed by atoms with Gasteiger partial charge in [0.15, 0.2) is 21.5 Å². The molecule has 422 valence electrons. The third kappa shape index (κ3) is 14.7. The summed E-state index contributed by atoms with van der Waals surface area (Å²) in [6.07, 6.45) is 1.29. The monoisotopic (exact) mass is 1130 g/mol. The Bertz CT molecular complexity index is 3410. The first-order valence-corrected chi connectivity index (χ1v) is 28.0. The molecular formula is C59H69N9O10S2. The Labute approximate surface area is 474 Å². The van der Waals surface area contributed by atoms with Crippen molar-refractivity contribution in [2.24, 2.45) is 22.7 Å². The molecule has 4 aromatic heterocycles. The fraction of sp³-hybridized carbons (Fsp3) is 0.458. The molecule has 21 heteroatoms. The summed E-state index contributed by atoms with van der Waals surface area (Å²) in [6, 6.07) is 13.3. The molecule has 1 amide bonds. The van der Waals surface area contributed by atoms with Crippen molar-refractivity contribution in [3.05, 3.63) is 105 Å². The molecule has 80 heavy (non-hydrogen) atoms. The van der Waals surface area contributed by atoms with E-state index >= 15 is 0 Å². The quantitative estimate of drug-likeness (QED) is 0.0367. The van der Waals surface area contributed by atoms with Gasteiger partial charge in [-0.1, -0.05) is 26.8 Å². The number of likely N-dealkylation sites (tertiary alicyclic amines) is 1. The molecule has 2 aliphatic rings. The number of allylic oxidation sites excluding steroid dienone is 1. The number of carbonyl (C=O) groups excluding carboxylic acids is 4. The third-order valence-electron chi connectivity index (χ3n) is 13.4. The third-order valence-corrected chi connectivity index (χ3v) is 14.9. The molecular weight excluding hydrogens is 1060 g/mol. The number of methoxy groups -OCH3 is 1. The summed E-state index contributed by atoms with van der Waals surface area (Å²) in [5, 5.41) is 13.1. The minimum atomic E-state index is -1.04. The summed E-state index contributed by atoms with van der Waals surface area (Å²) in [4.78, 5) is 92.9. The number of benzene rings is 2. The molecule has 1 saturated heterocycles. The van der Waals surface area contributed by atoms with Gasteiger partial charge >= 0.3 is 25.4 Å². The van der Waals surface area contributed by atoms with Gasteiger partial charge in [0.05, 0.1) is 65.6 Å². The molecule has 1 aliphatic carbocycles. The van der Waals surface area contributed by atoms with E-state index in [1.807, 2.05) is 59.2 Å². The molecule has 6 aromatic rings. The van der Waals surface area contributed by atoms with Crippen LogP contribution in [0.25, 0.3) is 54.3 Å². The van der Waals surface area contributed by atoms with Crippen LogP contribution in [0.3, 0.4) is 0 Å². The van der Waals surface area contributed by atoms with Crippen LogP contribution in [0.15, 0.2) is 76.7 Å². The predicted molar refractivity (Wildman–Crippen MR) is 311 cm³/mol. The second-order valence-corrected chi connectivity index (χ2v) is 24.2. The smallest absolute Gasteiger partial charge is 0.357 e. The zero-order valence-electron chi connectivity index (χ0n) is 47.1. The summed E-state index contributed by atoms with van der Waals surface area (Å²) in [5.74, 6) is -1.23. The number of carbonyl (C=O) groups is 4. The second kappa shape index (κ2) is 25.1. The molecule has 0 bridgehead atoms. The number of aromatic amines is 1. The van der Waals surface area contributed by atoms with Gasteiger partial charge in [-0.3, -0.25) is 33.7 Å². The Hall–Kier alpha value is -7.88. The van der Waals surface area contributed by atoms with Gasteiger partial charge in [-0.15, -0.1) is 29.3 Å². The minimum absolute atomic E-state index is 0.0499. The number of Topliss-reactive ketones (excluding diaryl/α,β-unsaturated/α-hetero) is 1. The van der Waals surface area contributed by atoms with Crippen molar-refractivity contribution in [1.29, 1.82) is 0 Å². The molecule has 0 radical (unpaired) electrons. The number of aromatic nitrogens is 4. The molecule has 19 nitrogen and oxygen atoms in total. The lowest BCUT2D eigenvalue weighted by atomic mass is 9.77. The van der Waals surface area contributed by atoms with Crippen LogP contribution >= 0.6 is 22.7 Å². The van der Waals surface area contributed by atoms with Crippen LogP contribution in [-0.4, -0.2) is 105 Å². The number of H-pyrrole nitrogens is 1. The van der Waals surface area contributed by atoms with Crippen LogP contribution in [-0.2, 0) is 28.7 Å². The molecule has 3 N–H and O–H groups in total. The number of nitrogens with zero attached hydrogens (tertiary/aromatic N) is 6. The Morgan fingerprint density at radius 3 is 2.05 bits per heavy atom. The number of pyridine rings is 2. The normalized spacial score (nSPS) is 18.1. The van der Waals surface area contributed by atoms with Gasteiger partial charge in [0.25, 0.3) is 0 Å². The van der Waals surface area contributed by atoms with E-state index < -0.39 is 46.4 Å². The highest BCUT2D eigenvalue weighted by Crippen LogP contribution is 2.57. The van der Waals surface area contributed by atoms with E-state index in [9.17, 15) is 24.0 Å². The van der Waals surface area contributed by atoms with E-state index in [0.717, 1.165) is 16.0 Å². The topological polar surface area (TPSA) is 222 Å². The first kappa shape index (κ1) is 59.8. The summed E-state index contributed by atoms with van der Waals surface area (Å²) in [5.41, 5.74) is 1.20. The summed E-state index contributed by atoms with van der Waals surface area (Å²) in [7, 11) is 1.30. The number of anilines is 2. The number of thiazole rings is 2. The lowest BCUT2D eigenvalue weighted by molar-refractivity contribution is -0.161. The van der Waals surface area contributed by atoms with Gasteiger partial charge in [-0.2, -0.15) is 0 Å². The minimum Gasteiger partial charge on any atom is -0.488 e. The maximum Gasteiger partial charge on any atom is 0.357 e. The van der Waals surface area contributed by atoms with E-state index in [2.05, 4.69) is 36.9 Å². The Balaban J connectivity index is 0.000000319. The van der Waals surface area contributed by atoms with Gasteiger partial charge in [0.1, 0.15) is 34.6 Å². The molecule has 1 saturated carbocycles. The summed E-state index contributed by atoms with van der Waals surface area (Å²) < 4.78 is 28.4. The maximum atomic E-state index is 14.7. The molecule has 8 rings (SSSR count). The fourth-order valence-electron chi connectivity index (χ4n) is 9.49. The molecule has 0 spiro atoms. The predicted octanol–water partition coefficient (Wildman–Crippen LogP) is 11.2. The highest BCUT2D eigenvalue weighted by molar-refractivity contribution is 7.14. The van der Waals surface area contributed by atoms with Gasteiger partial charge in [-0.05, 0) is 90.5 Å². The average molecular weight is 1130 g/mol. The van der Waals surface area contributed by atoms with Gasteiger partial charge in [0, 0.05) is 70.7 Å². The van der Waals surface area contributed by atoms with Gasteiger partial charge in [0.2, 0.25) is 5.91 Å². The van der Waals surface area contributed by atoms with Crippen molar-refractivity contribution in [3.8, 4) is 40.0 Å². The van der Waals surface area contributed by atoms with Crippen molar-refractivity contribution < 1.29 is 42.9 Å². The first-order valence-electron chi connectivity index (χ1n) is 26.3. The number of ether oxygens (including phenoxy) is 5. The van der Waals surface area contributed by atoms with E-state index in [4.69, 9.17) is 46.8 Å². The van der Waals surface area contributed by atoms with Crippen LogP contribution in [0.5, 0.6) is 17.2 Å². The van der Waals surface area contributed by atoms with E-state index in [0.29, 0.717) is 68.6 Å².